The van der Waals surface area contributed by atoms with Crippen LogP contribution in [0.5, 0.6) is 0 Å². The molecular formula is C31H45BrO3. The maximum absolute atomic E-state index is 14.4. The molecule has 0 heterocycles. The molecule has 0 spiro atoms. The second-order valence-electron chi connectivity index (χ2n) is 14.8. The van der Waals surface area contributed by atoms with E-state index in [0.717, 1.165) is 44.9 Å². The van der Waals surface area contributed by atoms with Crippen LogP contribution in [0, 0.1) is 50.2 Å². The van der Waals surface area contributed by atoms with Crippen molar-refractivity contribution in [2.75, 3.05) is 7.11 Å². The zero-order valence-electron chi connectivity index (χ0n) is 23.1. The molecular weight excluding hydrogens is 500 g/mol. The summed E-state index contributed by atoms with van der Waals surface area (Å²) in [6, 6.07) is 0. The van der Waals surface area contributed by atoms with E-state index in [1.807, 2.05) is 6.08 Å². The highest BCUT2D eigenvalue weighted by atomic mass is 79.9. The molecule has 3 nitrogen and oxygen atoms in total. The number of ether oxygens (including phenoxy) is 1. The fraction of sp³-hybridized carbons (Fsp3) is 0.806. The molecule has 5 aliphatic rings. The number of halogens is 1. The van der Waals surface area contributed by atoms with E-state index < -0.39 is 5.41 Å². The SMILES string of the molecule is COC(=O)[C@]12CCC(C)(C)CC1C1=CC(=O)C3[C@@]4(C)C(Br)C=CC(C)(C)C4CC[C@@]3(C)[C@]1(C)CC2. The number of hydrogen-bond donors (Lipinski definition) is 0. The molecule has 0 aromatic carbocycles. The number of methoxy groups -OCH3 is 1. The highest BCUT2D eigenvalue weighted by molar-refractivity contribution is 9.09. The minimum absolute atomic E-state index is 0.0293. The predicted octanol–water partition coefficient (Wildman–Crippen LogP) is 7.68. The number of carbonyl (C=O) groups is 2. The third kappa shape index (κ3) is 3.13. The molecule has 3 fully saturated rings. The van der Waals surface area contributed by atoms with E-state index in [4.69, 9.17) is 4.74 Å². The van der Waals surface area contributed by atoms with Crippen LogP contribution in [0.3, 0.4) is 0 Å². The first-order chi connectivity index (χ1) is 16.1. The van der Waals surface area contributed by atoms with Crippen LogP contribution in [0.4, 0.5) is 0 Å². The topological polar surface area (TPSA) is 43.4 Å². The predicted molar refractivity (Wildman–Crippen MR) is 144 cm³/mol. The van der Waals surface area contributed by atoms with Crippen LogP contribution in [0.2, 0.25) is 0 Å². The summed E-state index contributed by atoms with van der Waals surface area (Å²) in [7, 11) is 1.54. The molecule has 0 aromatic rings. The molecule has 35 heavy (non-hydrogen) atoms. The van der Waals surface area contributed by atoms with Crippen LogP contribution < -0.4 is 0 Å². The Balaban J connectivity index is 1.68. The Morgan fingerprint density at radius 3 is 2.31 bits per heavy atom. The highest BCUT2D eigenvalue weighted by Crippen LogP contribution is 2.75. The van der Waals surface area contributed by atoms with Gasteiger partial charge in [-0.15, -0.1) is 0 Å². The first-order valence-corrected chi connectivity index (χ1v) is 14.7. The van der Waals surface area contributed by atoms with Crippen LogP contribution in [0.1, 0.15) is 93.4 Å². The maximum atomic E-state index is 14.4. The lowest BCUT2D eigenvalue weighted by Gasteiger charge is -2.70. The number of esters is 1. The quantitative estimate of drug-likeness (QED) is 0.193. The van der Waals surface area contributed by atoms with Crippen LogP contribution in [0.15, 0.2) is 23.8 Å². The third-order valence-electron chi connectivity index (χ3n) is 12.3. The van der Waals surface area contributed by atoms with Crippen molar-refractivity contribution < 1.29 is 14.3 Å². The lowest BCUT2D eigenvalue weighted by atomic mass is 9.34. The van der Waals surface area contributed by atoms with Gasteiger partial charge in [-0.2, -0.15) is 0 Å². The van der Waals surface area contributed by atoms with Gasteiger partial charge < -0.3 is 4.74 Å². The molecule has 0 bridgehead atoms. The Hall–Kier alpha value is -0.900. The van der Waals surface area contributed by atoms with E-state index in [2.05, 4.69) is 76.5 Å². The summed E-state index contributed by atoms with van der Waals surface area (Å²) in [4.78, 5) is 27.9. The number of rotatable bonds is 1. The number of fused-ring (bicyclic) bond motifs is 7. The normalized spacial score (nSPS) is 49.6. The molecule has 3 saturated carbocycles. The number of carbonyl (C=O) groups excluding carboxylic acids is 2. The van der Waals surface area contributed by atoms with Crippen molar-refractivity contribution in [3.63, 3.8) is 0 Å². The number of alkyl halides is 1. The van der Waals surface area contributed by atoms with Gasteiger partial charge in [0.25, 0.3) is 0 Å². The van der Waals surface area contributed by atoms with Gasteiger partial charge in [0.2, 0.25) is 0 Å². The Kier molecular flexibility index (Phi) is 5.57. The van der Waals surface area contributed by atoms with Gasteiger partial charge in [0.05, 0.1) is 12.5 Å². The molecule has 0 aromatic heterocycles. The van der Waals surface area contributed by atoms with Crippen molar-refractivity contribution in [1.29, 1.82) is 0 Å². The zero-order valence-corrected chi connectivity index (χ0v) is 24.7. The van der Waals surface area contributed by atoms with Crippen molar-refractivity contribution in [2.45, 2.75) is 98.2 Å². The zero-order chi connectivity index (χ0) is 25.8. The monoisotopic (exact) mass is 544 g/mol. The van der Waals surface area contributed by atoms with Crippen molar-refractivity contribution >= 4 is 27.7 Å². The molecule has 0 saturated heterocycles. The van der Waals surface area contributed by atoms with Gasteiger partial charge in [-0.3, -0.25) is 9.59 Å². The van der Waals surface area contributed by atoms with Crippen LogP contribution in [0.25, 0.3) is 0 Å². The molecule has 0 aliphatic heterocycles. The molecule has 4 unspecified atom stereocenters. The summed E-state index contributed by atoms with van der Waals surface area (Å²) in [5, 5.41) is 0. The van der Waals surface area contributed by atoms with Crippen LogP contribution in [-0.4, -0.2) is 23.7 Å². The van der Waals surface area contributed by atoms with Crippen molar-refractivity contribution in [3.05, 3.63) is 23.8 Å². The maximum Gasteiger partial charge on any atom is 0.312 e. The smallest absolute Gasteiger partial charge is 0.312 e. The van der Waals surface area contributed by atoms with Gasteiger partial charge in [-0.1, -0.05) is 82.1 Å². The van der Waals surface area contributed by atoms with E-state index in [9.17, 15) is 9.59 Å². The summed E-state index contributed by atoms with van der Waals surface area (Å²) in [5.74, 6) is 0.754. The largest absolute Gasteiger partial charge is 0.469 e. The minimum atomic E-state index is -0.478. The van der Waals surface area contributed by atoms with Gasteiger partial charge in [0.1, 0.15) is 0 Å². The van der Waals surface area contributed by atoms with Gasteiger partial charge in [0, 0.05) is 10.7 Å². The van der Waals surface area contributed by atoms with Crippen molar-refractivity contribution in [2.24, 2.45) is 50.2 Å². The Labute approximate surface area is 221 Å². The van der Waals surface area contributed by atoms with Gasteiger partial charge >= 0.3 is 5.97 Å². The van der Waals surface area contributed by atoms with Crippen LogP contribution in [-0.2, 0) is 14.3 Å². The average molecular weight is 546 g/mol. The highest BCUT2D eigenvalue weighted by Gasteiger charge is 2.71. The molecule has 8 atom stereocenters. The van der Waals surface area contributed by atoms with Gasteiger partial charge in [-0.05, 0) is 89.9 Å². The number of hydrogen-bond acceptors (Lipinski definition) is 3. The number of ketones is 1. The average Bonchev–Trinajstić information content (AvgIpc) is 2.77. The summed E-state index contributed by atoms with van der Waals surface area (Å²) in [6.45, 7) is 16.6. The first-order valence-electron chi connectivity index (χ1n) is 13.8. The van der Waals surface area contributed by atoms with Gasteiger partial charge in [0.15, 0.2) is 5.78 Å². The molecule has 0 amide bonds. The van der Waals surface area contributed by atoms with Gasteiger partial charge in [-0.25, -0.2) is 0 Å². The van der Waals surface area contributed by atoms with Crippen LogP contribution >= 0.6 is 15.9 Å². The summed E-state index contributed by atoms with van der Waals surface area (Å²) in [5.41, 5.74) is 0.661. The summed E-state index contributed by atoms with van der Waals surface area (Å²) >= 11 is 4.04. The lowest BCUT2D eigenvalue weighted by molar-refractivity contribution is -0.182. The van der Waals surface area contributed by atoms with E-state index in [-0.39, 0.29) is 49.7 Å². The molecule has 0 radical (unpaired) electrons. The Morgan fingerprint density at radius 1 is 1.00 bits per heavy atom. The van der Waals surface area contributed by atoms with E-state index in [1.54, 1.807) is 0 Å². The number of allylic oxidation sites excluding steroid dienone is 4. The molecule has 194 valence electrons. The molecule has 5 rings (SSSR count). The summed E-state index contributed by atoms with van der Waals surface area (Å²) < 4.78 is 5.45. The molecule has 0 N–H and O–H groups in total. The second-order valence-corrected chi connectivity index (χ2v) is 15.8. The second kappa shape index (κ2) is 7.58. The Morgan fingerprint density at radius 2 is 1.66 bits per heavy atom. The van der Waals surface area contributed by atoms with E-state index in [1.165, 1.54) is 12.7 Å². The Bertz CT molecular complexity index is 1020. The fourth-order valence-corrected chi connectivity index (χ4v) is 10.9. The molecule has 4 heteroatoms. The fourth-order valence-electron chi connectivity index (χ4n) is 10.1. The first kappa shape index (κ1) is 25.7. The standard InChI is InChI=1S/C31H45BrO3/c1-26(2)13-15-31(25(34)35-8)16-14-28(5)19(20(31)18-26)17-21(33)24-29(28,6)12-9-22-27(3,4)11-10-23(32)30(22,24)7/h10-11,17,20,22-24H,9,12-16,18H2,1-8H3/t20?,22?,23?,24?,28-,29-,30-,31+/m1/s1. The minimum Gasteiger partial charge on any atom is -0.469 e. The van der Waals surface area contributed by atoms with Crippen molar-refractivity contribution in [3.8, 4) is 0 Å². The van der Waals surface area contributed by atoms with Crippen molar-refractivity contribution in [1.82, 2.24) is 0 Å². The van der Waals surface area contributed by atoms with E-state index >= 15 is 0 Å². The summed E-state index contributed by atoms with van der Waals surface area (Å²) in [6.07, 6.45) is 13.6. The van der Waals surface area contributed by atoms with E-state index in [0.29, 0.717) is 11.7 Å². The third-order valence-corrected chi connectivity index (χ3v) is 13.6. The molecule has 5 aliphatic carbocycles. The lowest BCUT2D eigenvalue weighted by Crippen LogP contribution is -2.67.